The minimum Gasteiger partial charge on any atom is -0.351 e. The Balaban J connectivity index is 1.66. The van der Waals surface area contributed by atoms with Gasteiger partial charge in [-0.1, -0.05) is 61.5 Å². The van der Waals surface area contributed by atoms with Crippen molar-refractivity contribution in [1.82, 2.24) is 16.0 Å². The van der Waals surface area contributed by atoms with Gasteiger partial charge in [0.05, 0.1) is 0 Å². The van der Waals surface area contributed by atoms with Crippen LogP contribution in [0.1, 0.15) is 38.0 Å². The van der Waals surface area contributed by atoms with Gasteiger partial charge in [-0.3, -0.25) is 14.4 Å². The molecule has 0 bridgehead atoms. The Labute approximate surface area is 188 Å². The lowest BCUT2D eigenvalue weighted by Crippen LogP contribution is -2.50. The van der Waals surface area contributed by atoms with Crippen LogP contribution < -0.4 is 16.0 Å². The van der Waals surface area contributed by atoms with Crippen molar-refractivity contribution < 1.29 is 14.4 Å². The summed E-state index contributed by atoms with van der Waals surface area (Å²) < 4.78 is 0. The van der Waals surface area contributed by atoms with Crippen LogP contribution in [0.2, 0.25) is 0 Å². The van der Waals surface area contributed by atoms with E-state index in [2.05, 4.69) is 16.0 Å². The number of carbonyl (C=O) groups is 3. The SMILES string of the molecule is CC(CNC(=O)c1ccccc1)(CNC(=O)c1ccccc1)CNC(=O)c1ccccc1. The number of carbonyl (C=O) groups excluding carboxylic acids is 3. The molecule has 0 unspecified atom stereocenters. The van der Waals surface area contributed by atoms with Crippen LogP contribution >= 0.6 is 0 Å². The Kier molecular flexibility index (Phi) is 7.75. The summed E-state index contributed by atoms with van der Waals surface area (Å²) in [7, 11) is 0. The summed E-state index contributed by atoms with van der Waals surface area (Å²) >= 11 is 0. The van der Waals surface area contributed by atoms with Crippen LogP contribution in [0.4, 0.5) is 0 Å². The van der Waals surface area contributed by atoms with Gasteiger partial charge < -0.3 is 16.0 Å². The largest absolute Gasteiger partial charge is 0.351 e. The monoisotopic (exact) mass is 429 g/mol. The maximum Gasteiger partial charge on any atom is 0.251 e. The highest BCUT2D eigenvalue weighted by Crippen LogP contribution is 2.15. The van der Waals surface area contributed by atoms with E-state index in [-0.39, 0.29) is 37.4 Å². The molecule has 0 aliphatic heterocycles. The van der Waals surface area contributed by atoms with E-state index in [1.165, 1.54) is 0 Å². The van der Waals surface area contributed by atoms with Crippen LogP contribution in [-0.2, 0) is 0 Å². The van der Waals surface area contributed by atoms with E-state index < -0.39 is 5.41 Å². The molecule has 0 aliphatic carbocycles. The predicted molar refractivity (Wildman–Crippen MR) is 124 cm³/mol. The molecule has 0 aromatic heterocycles. The molecule has 6 nitrogen and oxygen atoms in total. The van der Waals surface area contributed by atoms with Crippen molar-refractivity contribution in [1.29, 1.82) is 0 Å². The Morgan fingerprint density at radius 2 is 0.781 bits per heavy atom. The van der Waals surface area contributed by atoms with Gasteiger partial charge in [-0.15, -0.1) is 0 Å². The Bertz CT molecular complexity index is 903. The first-order valence-corrected chi connectivity index (χ1v) is 10.5. The van der Waals surface area contributed by atoms with E-state index in [1.807, 2.05) is 25.1 Å². The Hall–Kier alpha value is -3.93. The minimum atomic E-state index is -0.612. The molecule has 0 spiro atoms. The maximum absolute atomic E-state index is 12.5. The van der Waals surface area contributed by atoms with Crippen LogP contribution in [0, 0.1) is 5.41 Å². The fraction of sp³-hybridized carbons (Fsp3) is 0.192. The van der Waals surface area contributed by atoms with Crippen molar-refractivity contribution in [2.45, 2.75) is 6.92 Å². The zero-order valence-electron chi connectivity index (χ0n) is 18.0. The molecule has 0 fully saturated rings. The molecule has 0 radical (unpaired) electrons. The average Bonchev–Trinajstić information content (AvgIpc) is 2.86. The second-order valence-corrected chi connectivity index (χ2v) is 7.96. The highest BCUT2D eigenvalue weighted by molar-refractivity contribution is 5.95. The number of nitrogens with one attached hydrogen (secondary N) is 3. The van der Waals surface area contributed by atoms with Gasteiger partial charge in [0.15, 0.2) is 0 Å². The van der Waals surface area contributed by atoms with E-state index in [0.717, 1.165) is 0 Å². The summed E-state index contributed by atoms with van der Waals surface area (Å²) in [4.78, 5) is 37.6. The molecule has 3 aromatic carbocycles. The van der Waals surface area contributed by atoms with Crippen molar-refractivity contribution in [3.63, 3.8) is 0 Å². The van der Waals surface area contributed by atoms with E-state index >= 15 is 0 Å². The van der Waals surface area contributed by atoms with Gasteiger partial charge in [0.1, 0.15) is 0 Å². The van der Waals surface area contributed by atoms with Crippen molar-refractivity contribution in [3.05, 3.63) is 108 Å². The average molecular weight is 430 g/mol. The quantitative estimate of drug-likeness (QED) is 0.488. The molecule has 3 aromatic rings. The Morgan fingerprint density at radius 3 is 1.03 bits per heavy atom. The standard InChI is InChI=1S/C26H27N3O3/c1-26(17-27-23(30)20-11-5-2-6-12-20,18-28-24(31)21-13-7-3-8-14-21)19-29-25(32)22-15-9-4-10-16-22/h2-16H,17-19H2,1H3,(H,27,30)(H,28,31)(H,29,32). The van der Waals surface area contributed by atoms with Gasteiger partial charge >= 0.3 is 0 Å². The molecule has 3 amide bonds. The molecule has 164 valence electrons. The lowest BCUT2D eigenvalue weighted by Gasteiger charge is -2.30. The highest BCUT2D eigenvalue weighted by atomic mass is 16.2. The molecular weight excluding hydrogens is 402 g/mol. The van der Waals surface area contributed by atoms with Crippen molar-refractivity contribution in [2.24, 2.45) is 5.41 Å². The number of amides is 3. The molecule has 0 atom stereocenters. The molecule has 3 rings (SSSR count). The third-order valence-electron chi connectivity index (χ3n) is 5.14. The number of hydrogen-bond acceptors (Lipinski definition) is 3. The number of hydrogen-bond donors (Lipinski definition) is 3. The summed E-state index contributed by atoms with van der Waals surface area (Å²) in [6.07, 6.45) is 0. The second kappa shape index (κ2) is 10.9. The minimum absolute atomic E-state index is 0.208. The smallest absolute Gasteiger partial charge is 0.251 e. The molecular formula is C26H27N3O3. The Morgan fingerprint density at radius 1 is 0.531 bits per heavy atom. The first-order valence-electron chi connectivity index (χ1n) is 10.5. The lowest BCUT2D eigenvalue weighted by atomic mass is 9.89. The third kappa shape index (κ3) is 6.54. The van der Waals surface area contributed by atoms with Gasteiger partial charge in [-0.05, 0) is 36.4 Å². The molecule has 6 heteroatoms. The summed E-state index contributed by atoms with van der Waals surface area (Å²) in [5.41, 5.74) is 1.05. The molecule has 0 heterocycles. The van der Waals surface area contributed by atoms with Gasteiger partial charge in [0.2, 0.25) is 0 Å². The van der Waals surface area contributed by atoms with Gasteiger partial charge in [-0.25, -0.2) is 0 Å². The molecule has 0 saturated heterocycles. The van der Waals surface area contributed by atoms with Gasteiger partial charge in [-0.2, -0.15) is 0 Å². The number of rotatable bonds is 9. The molecule has 3 N–H and O–H groups in total. The molecule has 0 saturated carbocycles. The molecule has 32 heavy (non-hydrogen) atoms. The second-order valence-electron chi connectivity index (χ2n) is 7.96. The first-order chi connectivity index (χ1) is 15.5. The summed E-state index contributed by atoms with van der Waals surface area (Å²) in [5.74, 6) is -0.623. The summed E-state index contributed by atoms with van der Waals surface area (Å²) in [6, 6.07) is 26.8. The van der Waals surface area contributed by atoms with Gasteiger partial charge in [0.25, 0.3) is 17.7 Å². The van der Waals surface area contributed by atoms with Crippen molar-refractivity contribution >= 4 is 17.7 Å². The van der Waals surface area contributed by atoms with Gasteiger partial charge in [0, 0.05) is 41.7 Å². The van der Waals surface area contributed by atoms with Crippen LogP contribution in [0.5, 0.6) is 0 Å². The molecule has 0 aliphatic rings. The highest BCUT2D eigenvalue weighted by Gasteiger charge is 2.27. The van der Waals surface area contributed by atoms with Crippen LogP contribution in [-0.4, -0.2) is 37.4 Å². The summed E-state index contributed by atoms with van der Waals surface area (Å²) in [5, 5.41) is 8.78. The lowest BCUT2D eigenvalue weighted by molar-refractivity contribution is 0.0896. The van der Waals surface area contributed by atoms with Crippen molar-refractivity contribution in [3.8, 4) is 0 Å². The normalized spacial score (nSPS) is 10.8. The van der Waals surface area contributed by atoms with Crippen molar-refractivity contribution in [2.75, 3.05) is 19.6 Å². The topological polar surface area (TPSA) is 87.3 Å². The summed E-state index contributed by atoms with van der Waals surface area (Å²) in [6.45, 7) is 2.72. The maximum atomic E-state index is 12.5. The van der Waals surface area contributed by atoms with E-state index in [0.29, 0.717) is 16.7 Å². The zero-order valence-corrected chi connectivity index (χ0v) is 18.0. The fourth-order valence-corrected chi connectivity index (χ4v) is 3.14. The van der Waals surface area contributed by atoms with Crippen LogP contribution in [0.15, 0.2) is 91.0 Å². The van der Waals surface area contributed by atoms with Crippen LogP contribution in [0.25, 0.3) is 0 Å². The van der Waals surface area contributed by atoms with E-state index in [9.17, 15) is 14.4 Å². The third-order valence-corrected chi connectivity index (χ3v) is 5.14. The van der Waals surface area contributed by atoms with E-state index in [4.69, 9.17) is 0 Å². The zero-order chi connectivity index (χ0) is 22.8. The van der Waals surface area contributed by atoms with E-state index in [1.54, 1.807) is 72.8 Å². The fourth-order valence-electron chi connectivity index (χ4n) is 3.14. The first kappa shape index (κ1) is 22.7. The number of benzene rings is 3. The van der Waals surface area contributed by atoms with Crippen LogP contribution in [0.3, 0.4) is 0 Å². The predicted octanol–water partition coefficient (Wildman–Crippen LogP) is 3.28.